The van der Waals surface area contributed by atoms with Gasteiger partial charge in [-0.25, -0.2) is 0 Å². The summed E-state index contributed by atoms with van der Waals surface area (Å²) in [5.41, 5.74) is 4.88. The molecule has 0 unspecified atom stereocenters. The summed E-state index contributed by atoms with van der Waals surface area (Å²) in [7, 11) is 0. The summed E-state index contributed by atoms with van der Waals surface area (Å²) in [4.78, 5) is 0. The first-order valence-corrected chi connectivity index (χ1v) is 8.96. The number of rotatable bonds is 0. The van der Waals surface area contributed by atoms with Gasteiger partial charge < -0.3 is 5.11 Å². The Labute approximate surface area is 130 Å². The summed E-state index contributed by atoms with van der Waals surface area (Å²) in [5, 5.41) is 10.7. The van der Waals surface area contributed by atoms with Crippen LogP contribution in [0.15, 0.2) is 22.8 Å². The summed E-state index contributed by atoms with van der Waals surface area (Å²) in [6, 6.07) is 0. The van der Waals surface area contributed by atoms with Crippen molar-refractivity contribution in [1.82, 2.24) is 0 Å². The molecule has 1 saturated carbocycles. The molecule has 0 aliphatic heterocycles. The lowest BCUT2D eigenvalue weighted by Crippen LogP contribution is -2.37. The van der Waals surface area contributed by atoms with E-state index in [-0.39, 0.29) is 6.10 Å². The standard InChI is InChI=1S/C20H32O/c1-13-6-5-7-14(2)16-10-11-20(4)12-18(21)17(9-8-13)15(3)19(16)20/h7,13,16,18-19,21H,5-6,8-12H2,1-4H3/t13-,16-,18-,19+,20+/m0/s1. The van der Waals surface area contributed by atoms with Crippen LogP contribution in [0.1, 0.15) is 72.6 Å². The first-order chi connectivity index (χ1) is 9.92. The third-order valence-corrected chi connectivity index (χ3v) is 6.83. The van der Waals surface area contributed by atoms with Gasteiger partial charge >= 0.3 is 0 Å². The second-order valence-electron chi connectivity index (χ2n) is 8.37. The molecule has 3 rings (SSSR count). The molecule has 2 bridgehead atoms. The number of aliphatic hydroxyl groups excluding tert-OH is 1. The maximum atomic E-state index is 10.7. The Morgan fingerprint density at radius 1 is 1.19 bits per heavy atom. The lowest BCUT2D eigenvalue weighted by molar-refractivity contribution is 0.0861. The molecule has 0 aromatic heterocycles. The Morgan fingerprint density at radius 3 is 2.71 bits per heavy atom. The van der Waals surface area contributed by atoms with Gasteiger partial charge in [-0.3, -0.25) is 0 Å². The van der Waals surface area contributed by atoms with Crippen LogP contribution in [-0.2, 0) is 0 Å². The van der Waals surface area contributed by atoms with E-state index < -0.39 is 0 Å². The average Bonchev–Trinajstić information content (AvgIpc) is 2.74. The molecule has 21 heavy (non-hydrogen) atoms. The third-order valence-electron chi connectivity index (χ3n) is 6.83. The number of aliphatic hydroxyl groups is 1. The lowest BCUT2D eigenvalue weighted by atomic mass is 9.63. The number of hydrogen-bond donors (Lipinski definition) is 1. The first-order valence-electron chi connectivity index (χ1n) is 8.96. The molecule has 5 atom stereocenters. The van der Waals surface area contributed by atoms with Gasteiger partial charge in [0.05, 0.1) is 6.10 Å². The van der Waals surface area contributed by atoms with Gasteiger partial charge in [-0.05, 0) is 87.5 Å². The minimum absolute atomic E-state index is 0.178. The molecule has 1 heteroatoms. The highest BCUT2D eigenvalue weighted by molar-refractivity contribution is 5.31. The summed E-state index contributed by atoms with van der Waals surface area (Å²) < 4.78 is 0. The van der Waals surface area contributed by atoms with Crippen LogP contribution in [0.25, 0.3) is 0 Å². The molecule has 0 amide bonds. The van der Waals surface area contributed by atoms with Gasteiger partial charge in [0.25, 0.3) is 0 Å². The van der Waals surface area contributed by atoms with Crippen LogP contribution < -0.4 is 0 Å². The fraction of sp³-hybridized carbons (Fsp3) is 0.800. The molecule has 0 heterocycles. The largest absolute Gasteiger partial charge is 0.389 e. The van der Waals surface area contributed by atoms with Gasteiger partial charge in [0, 0.05) is 0 Å². The fourth-order valence-electron chi connectivity index (χ4n) is 5.52. The van der Waals surface area contributed by atoms with Crippen molar-refractivity contribution in [3.05, 3.63) is 22.8 Å². The Kier molecular flexibility index (Phi) is 4.07. The van der Waals surface area contributed by atoms with Crippen molar-refractivity contribution in [3.8, 4) is 0 Å². The zero-order valence-corrected chi connectivity index (χ0v) is 14.3. The normalized spacial score (nSPS) is 44.3. The van der Waals surface area contributed by atoms with E-state index in [0.717, 1.165) is 24.7 Å². The fourth-order valence-corrected chi connectivity index (χ4v) is 5.52. The van der Waals surface area contributed by atoms with Crippen molar-refractivity contribution in [2.45, 2.75) is 78.7 Å². The molecular formula is C20H32O. The highest BCUT2D eigenvalue weighted by Crippen LogP contribution is 2.58. The van der Waals surface area contributed by atoms with Crippen LogP contribution in [0.5, 0.6) is 0 Å². The van der Waals surface area contributed by atoms with Gasteiger partial charge in [-0.1, -0.05) is 31.1 Å². The summed E-state index contributed by atoms with van der Waals surface area (Å²) in [6.07, 6.45) is 10.8. The van der Waals surface area contributed by atoms with Gasteiger partial charge in [-0.2, -0.15) is 0 Å². The van der Waals surface area contributed by atoms with Crippen molar-refractivity contribution in [1.29, 1.82) is 0 Å². The van der Waals surface area contributed by atoms with E-state index in [1.165, 1.54) is 37.7 Å². The van der Waals surface area contributed by atoms with Crippen LogP contribution in [-0.4, -0.2) is 11.2 Å². The van der Waals surface area contributed by atoms with Gasteiger partial charge in [-0.15, -0.1) is 0 Å². The van der Waals surface area contributed by atoms with Crippen LogP contribution >= 0.6 is 0 Å². The Balaban J connectivity index is 2.04. The van der Waals surface area contributed by atoms with Crippen molar-refractivity contribution in [2.24, 2.45) is 23.2 Å². The van der Waals surface area contributed by atoms with Gasteiger partial charge in [0.1, 0.15) is 0 Å². The van der Waals surface area contributed by atoms with Crippen molar-refractivity contribution in [2.75, 3.05) is 0 Å². The SMILES string of the molecule is CC1=CCC[C@H](C)CCC2=C(C)[C@@H]3[C@H]1CC[C@]3(C)C[C@@H]2O. The minimum atomic E-state index is -0.178. The predicted molar refractivity (Wildman–Crippen MR) is 89.0 cm³/mol. The molecule has 0 spiro atoms. The topological polar surface area (TPSA) is 20.2 Å². The lowest BCUT2D eigenvalue weighted by Gasteiger charge is -2.43. The van der Waals surface area contributed by atoms with E-state index in [2.05, 4.69) is 33.8 Å². The molecule has 1 N–H and O–H groups in total. The van der Waals surface area contributed by atoms with E-state index in [4.69, 9.17) is 0 Å². The monoisotopic (exact) mass is 288 g/mol. The number of allylic oxidation sites excluding steroid dienone is 3. The van der Waals surface area contributed by atoms with E-state index >= 15 is 0 Å². The summed E-state index contributed by atoms with van der Waals surface area (Å²) >= 11 is 0. The van der Waals surface area contributed by atoms with E-state index in [1.807, 2.05) is 0 Å². The van der Waals surface area contributed by atoms with Gasteiger partial charge in [0.2, 0.25) is 0 Å². The second kappa shape index (κ2) is 5.57. The molecule has 0 aromatic rings. The quantitative estimate of drug-likeness (QED) is 0.603. The molecule has 3 aliphatic rings. The second-order valence-corrected chi connectivity index (χ2v) is 8.37. The predicted octanol–water partition coefficient (Wildman–Crippen LogP) is 5.26. The molecule has 1 nitrogen and oxygen atoms in total. The zero-order valence-electron chi connectivity index (χ0n) is 14.3. The Hall–Kier alpha value is -0.560. The molecule has 118 valence electrons. The smallest absolute Gasteiger partial charge is 0.0758 e. The van der Waals surface area contributed by atoms with Crippen molar-refractivity contribution in [3.63, 3.8) is 0 Å². The van der Waals surface area contributed by atoms with Gasteiger partial charge in [0.15, 0.2) is 0 Å². The van der Waals surface area contributed by atoms with Crippen LogP contribution in [0.3, 0.4) is 0 Å². The summed E-state index contributed by atoms with van der Waals surface area (Å²) in [5.74, 6) is 2.18. The first kappa shape index (κ1) is 15.3. The number of hydrogen-bond acceptors (Lipinski definition) is 1. The molecule has 0 radical (unpaired) electrons. The zero-order chi connectivity index (χ0) is 15.2. The minimum Gasteiger partial charge on any atom is -0.389 e. The van der Waals surface area contributed by atoms with Crippen molar-refractivity contribution < 1.29 is 5.11 Å². The van der Waals surface area contributed by atoms with E-state index in [9.17, 15) is 5.11 Å². The van der Waals surface area contributed by atoms with E-state index in [1.54, 1.807) is 11.1 Å². The Bertz CT molecular complexity index is 472. The Morgan fingerprint density at radius 2 is 1.95 bits per heavy atom. The van der Waals surface area contributed by atoms with Crippen LogP contribution in [0, 0.1) is 23.2 Å². The molecule has 0 aromatic carbocycles. The maximum absolute atomic E-state index is 10.7. The summed E-state index contributed by atoms with van der Waals surface area (Å²) in [6.45, 7) is 9.49. The van der Waals surface area contributed by atoms with Crippen LogP contribution in [0.2, 0.25) is 0 Å². The molecular weight excluding hydrogens is 256 g/mol. The third kappa shape index (κ3) is 2.63. The highest BCUT2D eigenvalue weighted by atomic mass is 16.3. The average molecular weight is 288 g/mol. The molecule has 1 fully saturated rings. The highest BCUT2D eigenvalue weighted by Gasteiger charge is 2.50. The maximum Gasteiger partial charge on any atom is 0.0758 e. The van der Waals surface area contributed by atoms with Crippen molar-refractivity contribution >= 4 is 0 Å². The van der Waals surface area contributed by atoms with Crippen LogP contribution in [0.4, 0.5) is 0 Å². The molecule has 0 saturated heterocycles. The molecule has 3 aliphatic carbocycles. The van der Waals surface area contributed by atoms with E-state index in [0.29, 0.717) is 11.3 Å².